The number of likely N-dealkylation sites (N-methyl/N-ethyl adjacent to an activating group) is 1. The van der Waals surface area contributed by atoms with E-state index in [0.717, 1.165) is 6.07 Å². The molecule has 11 heteroatoms. The van der Waals surface area contributed by atoms with E-state index in [9.17, 15) is 32.9 Å². The monoisotopic (exact) mass is 377 g/mol. The van der Waals surface area contributed by atoms with Gasteiger partial charge in [0, 0.05) is 20.2 Å². The first-order valence-corrected chi connectivity index (χ1v) is 7.38. The number of anilines is 1. The summed E-state index contributed by atoms with van der Waals surface area (Å²) in [7, 11) is 2.94. The predicted octanol–water partition coefficient (Wildman–Crippen LogP) is 2.43. The van der Waals surface area contributed by atoms with E-state index in [0.29, 0.717) is 12.1 Å². The molecule has 0 aromatic heterocycles. The van der Waals surface area contributed by atoms with Crippen molar-refractivity contribution >= 4 is 23.3 Å². The first kappa shape index (κ1) is 21.2. The third kappa shape index (κ3) is 5.33. The Labute approximate surface area is 147 Å². The normalized spacial score (nSPS) is 13.5. The molecule has 1 N–H and O–H groups in total. The van der Waals surface area contributed by atoms with Crippen molar-refractivity contribution in [2.24, 2.45) is 0 Å². The Balaban J connectivity index is 2.95. The van der Waals surface area contributed by atoms with Crippen LogP contribution in [-0.4, -0.2) is 47.9 Å². The van der Waals surface area contributed by atoms with Gasteiger partial charge in [-0.3, -0.25) is 14.9 Å². The Bertz CT molecular complexity index is 706. The lowest BCUT2D eigenvalue weighted by molar-refractivity contribution is -0.384. The van der Waals surface area contributed by atoms with E-state index in [2.05, 4.69) is 5.32 Å². The largest absolute Gasteiger partial charge is 0.451 e. The number of esters is 1. The molecule has 0 heterocycles. The van der Waals surface area contributed by atoms with Gasteiger partial charge in [-0.2, -0.15) is 13.2 Å². The average molecular weight is 377 g/mol. The molecule has 144 valence electrons. The molecule has 0 saturated carbocycles. The highest BCUT2D eigenvalue weighted by atomic mass is 19.4. The standard InChI is InChI=1S/C15H18F3N3O5/c1-8(14(23)26-9(2)13(22)20(3)4)19-11-6-5-10(15(16,17)18)7-12(11)21(24)25/h5-9,19H,1-4H3/t8-,9+/m0/s1. The lowest BCUT2D eigenvalue weighted by Crippen LogP contribution is -2.38. The zero-order valence-corrected chi connectivity index (χ0v) is 14.5. The Morgan fingerprint density at radius 2 is 1.85 bits per heavy atom. The fourth-order valence-electron chi connectivity index (χ4n) is 1.96. The Kier molecular flexibility index (Phi) is 6.54. The minimum Gasteiger partial charge on any atom is -0.451 e. The molecule has 1 rings (SSSR count). The van der Waals surface area contributed by atoms with E-state index in [1.54, 1.807) is 0 Å². The molecule has 2 atom stereocenters. The lowest BCUT2D eigenvalue weighted by atomic mass is 10.1. The van der Waals surface area contributed by atoms with Crippen LogP contribution in [0.2, 0.25) is 0 Å². The maximum absolute atomic E-state index is 12.7. The lowest BCUT2D eigenvalue weighted by Gasteiger charge is -2.20. The first-order chi connectivity index (χ1) is 11.8. The topological polar surface area (TPSA) is 102 Å². The van der Waals surface area contributed by atoms with Crippen molar-refractivity contribution in [3.63, 3.8) is 0 Å². The van der Waals surface area contributed by atoms with Crippen LogP contribution in [0.4, 0.5) is 24.5 Å². The number of amides is 1. The SMILES string of the molecule is C[C@H](Nc1ccc(C(F)(F)F)cc1[N+](=O)[O-])C(=O)O[C@H](C)C(=O)N(C)C. The molecule has 0 aliphatic carbocycles. The van der Waals surface area contributed by atoms with Crippen molar-refractivity contribution in [1.29, 1.82) is 0 Å². The summed E-state index contributed by atoms with van der Waals surface area (Å²) < 4.78 is 43.0. The van der Waals surface area contributed by atoms with E-state index in [-0.39, 0.29) is 5.69 Å². The van der Waals surface area contributed by atoms with Gasteiger partial charge in [0.05, 0.1) is 10.5 Å². The molecule has 0 aliphatic rings. The van der Waals surface area contributed by atoms with Crippen molar-refractivity contribution in [3.05, 3.63) is 33.9 Å². The van der Waals surface area contributed by atoms with Gasteiger partial charge in [-0.15, -0.1) is 0 Å². The van der Waals surface area contributed by atoms with Gasteiger partial charge in [0.15, 0.2) is 6.10 Å². The van der Waals surface area contributed by atoms with Crippen LogP contribution in [0.25, 0.3) is 0 Å². The molecule has 26 heavy (non-hydrogen) atoms. The molecule has 0 radical (unpaired) electrons. The van der Waals surface area contributed by atoms with Crippen LogP contribution in [0.1, 0.15) is 19.4 Å². The van der Waals surface area contributed by atoms with Gasteiger partial charge in [0.2, 0.25) is 0 Å². The van der Waals surface area contributed by atoms with Crippen LogP contribution in [0.5, 0.6) is 0 Å². The van der Waals surface area contributed by atoms with Gasteiger partial charge >= 0.3 is 12.1 Å². The van der Waals surface area contributed by atoms with E-state index >= 15 is 0 Å². The number of benzene rings is 1. The van der Waals surface area contributed by atoms with Crippen molar-refractivity contribution in [2.75, 3.05) is 19.4 Å². The summed E-state index contributed by atoms with van der Waals surface area (Å²) in [5.41, 5.74) is -2.30. The summed E-state index contributed by atoms with van der Waals surface area (Å²) in [6.07, 6.45) is -5.82. The molecule has 0 bridgehead atoms. The van der Waals surface area contributed by atoms with Crippen molar-refractivity contribution in [2.45, 2.75) is 32.2 Å². The van der Waals surface area contributed by atoms with E-state index in [4.69, 9.17) is 4.74 Å². The molecule has 0 fully saturated rings. The van der Waals surface area contributed by atoms with Gasteiger partial charge in [-0.05, 0) is 26.0 Å². The molecule has 0 spiro atoms. The van der Waals surface area contributed by atoms with Gasteiger partial charge in [0.25, 0.3) is 11.6 Å². The van der Waals surface area contributed by atoms with Crippen LogP contribution in [0.3, 0.4) is 0 Å². The smallest absolute Gasteiger partial charge is 0.416 e. The second-order valence-electron chi connectivity index (χ2n) is 5.66. The third-order valence-corrected chi connectivity index (χ3v) is 3.33. The van der Waals surface area contributed by atoms with Gasteiger partial charge in [0.1, 0.15) is 11.7 Å². The number of alkyl halides is 3. The molecule has 1 aromatic rings. The minimum atomic E-state index is -4.74. The zero-order chi connectivity index (χ0) is 20.2. The summed E-state index contributed by atoms with van der Waals surface area (Å²) in [5, 5.41) is 13.5. The van der Waals surface area contributed by atoms with E-state index < -0.39 is 46.4 Å². The average Bonchev–Trinajstić information content (AvgIpc) is 2.52. The predicted molar refractivity (Wildman–Crippen MR) is 85.4 cm³/mol. The molecule has 8 nitrogen and oxygen atoms in total. The molecule has 0 saturated heterocycles. The highest BCUT2D eigenvalue weighted by Gasteiger charge is 2.33. The number of carbonyl (C=O) groups excluding carboxylic acids is 2. The van der Waals surface area contributed by atoms with Crippen molar-refractivity contribution in [3.8, 4) is 0 Å². The number of nitrogens with one attached hydrogen (secondary N) is 1. The number of rotatable bonds is 6. The fourth-order valence-corrected chi connectivity index (χ4v) is 1.96. The quantitative estimate of drug-likeness (QED) is 0.464. The zero-order valence-electron chi connectivity index (χ0n) is 14.5. The highest BCUT2D eigenvalue weighted by molar-refractivity contribution is 5.86. The summed E-state index contributed by atoms with van der Waals surface area (Å²) in [6.45, 7) is 2.66. The van der Waals surface area contributed by atoms with Crippen molar-refractivity contribution < 1.29 is 32.4 Å². The van der Waals surface area contributed by atoms with Gasteiger partial charge in [-0.1, -0.05) is 0 Å². The van der Waals surface area contributed by atoms with Crippen LogP contribution in [0.15, 0.2) is 18.2 Å². The van der Waals surface area contributed by atoms with Crippen LogP contribution in [0, 0.1) is 10.1 Å². The molecule has 1 amide bonds. The Hall–Kier alpha value is -2.85. The summed E-state index contributed by atoms with van der Waals surface area (Å²) >= 11 is 0. The number of halogens is 3. The molecule has 0 aliphatic heterocycles. The van der Waals surface area contributed by atoms with E-state index in [1.165, 1.54) is 32.8 Å². The van der Waals surface area contributed by atoms with Crippen molar-refractivity contribution in [1.82, 2.24) is 4.90 Å². The molecule has 0 unspecified atom stereocenters. The number of carbonyl (C=O) groups is 2. The number of nitrogens with zero attached hydrogens (tertiary/aromatic N) is 2. The van der Waals surface area contributed by atoms with E-state index in [1.807, 2.05) is 0 Å². The maximum atomic E-state index is 12.7. The van der Waals surface area contributed by atoms with Crippen LogP contribution in [-0.2, 0) is 20.5 Å². The highest BCUT2D eigenvalue weighted by Crippen LogP contribution is 2.35. The summed E-state index contributed by atoms with van der Waals surface area (Å²) in [4.78, 5) is 34.9. The summed E-state index contributed by atoms with van der Waals surface area (Å²) in [5.74, 6) is -1.35. The minimum absolute atomic E-state index is 0.279. The molecular formula is C15H18F3N3O5. The number of nitro benzene ring substituents is 1. The van der Waals surface area contributed by atoms with Crippen LogP contribution >= 0.6 is 0 Å². The fraction of sp³-hybridized carbons (Fsp3) is 0.467. The third-order valence-electron chi connectivity index (χ3n) is 3.33. The van der Waals surface area contributed by atoms with Gasteiger partial charge < -0.3 is 15.0 Å². The first-order valence-electron chi connectivity index (χ1n) is 7.38. The summed E-state index contributed by atoms with van der Waals surface area (Å²) in [6, 6.07) is 0.756. The second-order valence-corrected chi connectivity index (χ2v) is 5.66. The number of nitro groups is 1. The second kappa shape index (κ2) is 8.02. The van der Waals surface area contributed by atoms with Gasteiger partial charge in [-0.25, -0.2) is 4.79 Å². The molecular weight excluding hydrogens is 359 g/mol. The Morgan fingerprint density at radius 3 is 2.31 bits per heavy atom. The Morgan fingerprint density at radius 1 is 1.27 bits per heavy atom. The maximum Gasteiger partial charge on any atom is 0.416 e. The number of ether oxygens (including phenoxy) is 1. The molecule has 1 aromatic carbocycles. The number of hydrogen-bond donors (Lipinski definition) is 1. The van der Waals surface area contributed by atoms with Crippen LogP contribution < -0.4 is 5.32 Å². The number of hydrogen-bond acceptors (Lipinski definition) is 6.